The first-order valence-electron chi connectivity index (χ1n) is 4.48. The van der Waals surface area contributed by atoms with Gasteiger partial charge in [-0.05, 0) is 26.8 Å². The van der Waals surface area contributed by atoms with Gasteiger partial charge in [-0.1, -0.05) is 0 Å². The average Bonchev–Trinajstić information content (AvgIpc) is 2.62. The predicted molar refractivity (Wildman–Crippen MR) is 47.2 cm³/mol. The number of aryl methyl sites for hydroxylation is 1. The summed E-state index contributed by atoms with van der Waals surface area (Å²) in [6.07, 6.45) is 1.79. The van der Waals surface area contributed by atoms with Crippen LogP contribution in [0.25, 0.3) is 0 Å². The van der Waals surface area contributed by atoms with Gasteiger partial charge in [0.2, 0.25) is 0 Å². The van der Waals surface area contributed by atoms with Gasteiger partial charge >= 0.3 is 0 Å². The summed E-state index contributed by atoms with van der Waals surface area (Å²) in [4.78, 5) is 4.02. The number of aliphatic hydroxyl groups excluding tert-OH is 1. The molecule has 0 spiro atoms. The minimum atomic E-state index is -0.458. The fourth-order valence-electron chi connectivity index (χ4n) is 1.91. The van der Waals surface area contributed by atoms with E-state index in [1.54, 1.807) is 0 Å². The third kappa shape index (κ3) is 1.17. The predicted octanol–water partition coefficient (Wildman–Crippen LogP) is 0.552. The van der Waals surface area contributed by atoms with Crippen LogP contribution >= 0.6 is 0 Å². The average molecular weight is 182 g/mol. The van der Waals surface area contributed by atoms with Crippen molar-refractivity contribution < 1.29 is 9.52 Å². The van der Waals surface area contributed by atoms with E-state index < -0.39 is 5.54 Å². The first kappa shape index (κ1) is 8.72. The minimum Gasteiger partial charge on any atom is -0.446 e. The second-order valence-electron chi connectivity index (χ2n) is 3.70. The Kier molecular flexibility index (Phi) is 1.89. The Labute approximate surface area is 77.0 Å². The van der Waals surface area contributed by atoms with Crippen LogP contribution in [-0.4, -0.2) is 22.7 Å². The fraction of sp³-hybridized carbons (Fsp3) is 0.667. The van der Waals surface area contributed by atoms with Crippen molar-refractivity contribution in [3.63, 3.8) is 0 Å². The molecule has 1 saturated heterocycles. The molecule has 2 N–H and O–H groups in total. The van der Waals surface area contributed by atoms with E-state index in [9.17, 15) is 5.11 Å². The molecule has 0 aliphatic carbocycles. The molecular weight excluding hydrogens is 168 g/mol. The van der Waals surface area contributed by atoms with Crippen LogP contribution < -0.4 is 5.32 Å². The second kappa shape index (κ2) is 2.82. The first-order valence-corrected chi connectivity index (χ1v) is 4.48. The molecule has 2 heterocycles. The Morgan fingerprint density at radius 1 is 1.77 bits per heavy atom. The maximum absolute atomic E-state index is 9.79. The third-order valence-corrected chi connectivity index (χ3v) is 2.79. The van der Waals surface area contributed by atoms with Gasteiger partial charge < -0.3 is 14.8 Å². The van der Waals surface area contributed by atoms with Gasteiger partial charge in [0.1, 0.15) is 11.3 Å². The Balaban J connectivity index is 2.39. The van der Waals surface area contributed by atoms with Gasteiger partial charge in [-0.2, -0.15) is 0 Å². The molecule has 0 aromatic carbocycles. The lowest BCUT2D eigenvalue weighted by Gasteiger charge is -2.26. The molecule has 2 rings (SSSR count). The molecule has 1 aliphatic heterocycles. The number of nitrogens with zero attached hydrogens (tertiary/aromatic N) is 1. The smallest absolute Gasteiger partial charge is 0.181 e. The van der Waals surface area contributed by atoms with Crippen LogP contribution in [0.3, 0.4) is 0 Å². The highest BCUT2D eigenvalue weighted by atomic mass is 16.3. The van der Waals surface area contributed by atoms with Crippen molar-refractivity contribution in [2.45, 2.75) is 31.9 Å². The number of oxazole rings is 1. The van der Waals surface area contributed by atoms with E-state index >= 15 is 0 Å². The highest BCUT2D eigenvalue weighted by Crippen LogP contribution is 2.32. The molecule has 72 valence electrons. The fourth-order valence-corrected chi connectivity index (χ4v) is 1.91. The van der Waals surface area contributed by atoms with Gasteiger partial charge in [-0.3, -0.25) is 0 Å². The summed E-state index contributed by atoms with van der Waals surface area (Å²) in [5.41, 5.74) is 0.386. The van der Waals surface area contributed by atoms with Crippen molar-refractivity contribution in [2.75, 3.05) is 6.54 Å². The maximum Gasteiger partial charge on any atom is 0.181 e. The molecule has 1 aliphatic rings. The van der Waals surface area contributed by atoms with Gasteiger partial charge in [0, 0.05) is 0 Å². The second-order valence-corrected chi connectivity index (χ2v) is 3.70. The lowest BCUT2D eigenvalue weighted by Crippen LogP contribution is -2.41. The van der Waals surface area contributed by atoms with Crippen molar-refractivity contribution in [2.24, 2.45) is 0 Å². The monoisotopic (exact) mass is 182 g/mol. The largest absolute Gasteiger partial charge is 0.446 e. The van der Waals surface area contributed by atoms with Crippen LogP contribution in [0.4, 0.5) is 0 Å². The number of hydrogen-bond donors (Lipinski definition) is 2. The Morgan fingerprint density at radius 3 is 3.00 bits per heavy atom. The van der Waals surface area contributed by atoms with E-state index in [0.29, 0.717) is 0 Å². The first-order chi connectivity index (χ1) is 6.14. The summed E-state index contributed by atoms with van der Waals surface area (Å²) in [6.45, 7) is 4.65. The van der Waals surface area contributed by atoms with E-state index in [1.807, 2.05) is 13.8 Å². The number of aliphatic hydroxyl groups is 1. The molecule has 1 fully saturated rings. The molecule has 13 heavy (non-hydrogen) atoms. The lowest BCUT2D eigenvalue weighted by molar-refractivity contribution is 0.0923. The molecular formula is C9H14N2O2. The molecule has 4 heteroatoms. The van der Waals surface area contributed by atoms with E-state index in [-0.39, 0.29) is 6.10 Å². The maximum atomic E-state index is 9.79. The van der Waals surface area contributed by atoms with E-state index in [4.69, 9.17) is 4.42 Å². The van der Waals surface area contributed by atoms with E-state index in [2.05, 4.69) is 10.3 Å². The number of hydrogen-bond acceptors (Lipinski definition) is 4. The molecule has 0 bridgehead atoms. The summed E-state index contributed by atoms with van der Waals surface area (Å²) in [5, 5.41) is 13.0. The summed E-state index contributed by atoms with van der Waals surface area (Å²) >= 11 is 0. The van der Waals surface area contributed by atoms with Crippen LogP contribution in [0, 0.1) is 6.92 Å². The third-order valence-electron chi connectivity index (χ3n) is 2.79. The Hall–Kier alpha value is -0.870. The molecule has 0 amide bonds. The topological polar surface area (TPSA) is 58.3 Å². The van der Waals surface area contributed by atoms with Crippen LogP contribution in [-0.2, 0) is 5.54 Å². The summed E-state index contributed by atoms with van der Waals surface area (Å²) < 4.78 is 5.29. The summed E-state index contributed by atoms with van der Waals surface area (Å²) in [5.74, 6) is 0.748. The minimum absolute atomic E-state index is 0.390. The van der Waals surface area contributed by atoms with Crippen LogP contribution in [0.1, 0.15) is 24.8 Å². The van der Waals surface area contributed by atoms with Gasteiger partial charge in [-0.15, -0.1) is 0 Å². The zero-order valence-electron chi connectivity index (χ0n) is 7.87. The van der Waals surface area contributed by atoms with Crippen molar-refractivity contribution in [3.8, 4) is 0 Å². The lowest BCUT2D eigenvalue weighted by atomic mass is 9.93. The van der Waals surface area contributed by atoms with Gasteiger partial charge in [0.15, 0.2) is 6.39 Å². The highest BCUT2D eigenvalue weighted by Gasteiger charge is 2.42. The molecule has 0 saturated carbocycles. The van der Waals surface area contributed by atoms with Gasteiger partial charge in [0.25, 0.3) is 0 Å². The van der Waals surface area contributed by atoms with Crippen molar-refractivity contribution in [3.05, 3.63) is 17.8 Å². The number of nitrogens with one attached hydrogen (secondary N) is 1. The SMILES string of the molecule is Cc1ncoc1C1(C)NCCC1O. The summed E-state index contributed by atoms with van der Waals surface area (Å²) in [7, 11) is 0. The van der Waals surface area contributed by atoms with Crippen molar-refractivity contribution in [1.82, 2.24) is 10.3 Å². The molecule has 0 radical (unpaired) electrons. The standard InChI is InChI=1S/C9H14N2O2/c1-6-8(13-5-10-6)9(2)7(12)3-4-11-9/h5,7,11-12H,3-4H2,1-2H3. The van der Waals surface area contributed by atoms with Crippen molar-refractivity contribution >= 4 is 0 Å². The molecule has 4 nitrogen and oxygen atoms in total. The molecule has 2 unspecified atom stereocenters. The Bertz CT molecular complexity index is 310. The van der Waals surface area contributed by atoms with E-state index in [0.717, 1.165) is 24.4 Å². The number of rotatable bonds is 1. The quantitative estimate of drug-likeness (QED) is 0.666. The van der Waals surface area contributed by atoms with Crippen LogP contribution in [0.2, 0.25) is 0 Å². The number of aromatic nitrogens is 1. The van der Waals surface area contributed by atoms with E-state index in [1.165, 1.54) is 6.39 Å². The normalized spacial score (nSPS) is 33.9. The van der Waals surface area contributed by atoms with Gasteiger partial charge in [0.05, 0.1) is 11.8 Å². The Morgan fingerprint density at radius 2 is 2.54 bits per heavy atom. The zero-order chi connectivity index (χ0) is 9.47. The highest BCUT2D eigenvalue weighted by molar-refractivity contribution is 5.20. The van der Waals surface area contributed by atoms with Crippen LogP contribution in [0.5, 0.6) is 0 Å². The van der Waals surface area contributed by atoms with Crippen molar-refractivity contribution in [1.29, 1.82) is 0 Å². The van der Waals surface area contributed by atoms with Crippen LogP contribution in [0.15, 0.2) is 10.8 Å². The zero-order valence-corrected chi connectivity index (χ0v) is 7.87. The molecule has 1 aromatic heterocycles. The molecule has 1 aromatic rings. The summed E-state index contributed by atoms with van der Waals surface area (Å²) in [6, 6.07) is 0. The molecule has 2 atom stereocenters. The van der Waals surface area contributed by atoms with Gasteiger partial charge in [-0.25, -0.2) is 4.98 Å².